The van der Waals surface area contributed by atoms with Crippen LogP contribution in [0.3, 0.4) is 0 Å². The third-order valence-electron chi connectivity index (χ3n) is 4.42. The average Bonchev–Trinajstić information content (AvgIpc) is 2.79. The van der Waals surface area contributed by atoms with Crippen molar-refractivity contribution in [3.63, 3.8) is 0 Å². The Morgan fingerprint density at radius 3 is 2.29 bits per heavy atom. The first-order valence-corrected chi connectivity index (χ1v) is 7.72. The zero-order chi connectivity index (χ0) is 14.8. The molecule has 3 heteroatoms. The number of anilines is 1. The standard InChI is InChI=1S/C18H24N2O/c1-14-6-4-5-7-18(14)20-10-8-19(9-11-20)13-17-12-15(2)16(3)21-17/h4-7,12H,8-11,13H2,1-3H3. The summed E-state index contributed by atoms with van der Waals surface area (Å²) in [4.78, 5) is 4.97. The molecule has 1 fully saturated rings. The molecule has 1 aliphatic rings. The highest BCUT2D eigenvalue weighted by atomic mass is 16.3. The SMILES string of the molecule is Cc1ccccc1N1CCN(Cc2cc(C)c(C)o2)CC1. The Morgan fingerprint density at radius 1 is 0.952 bits per heavy atom. The van der Waals surface area contributed by atoms with Gasteiger partial charge in [-0.15, -0.1) is 0 Å². The number of piperazine rings is 1. The molecule has 1 aromatic heterocycles. The lowest BCUT2D eigenvalue weighted by Gasteiger charge is -2.36. The Balaban J connectivity index is 1.59. The van der Waals surface area contributed by atoms with Crippen molar-refractivity contribution in [2.24, 2.45) is 0 Å². The summed E-state index contributed by atoms with van der Waals surface area (Å²) in [6.45, 7) is 11.6. The zero-order valence-electron chi connectivity index (χ0n) is 13.2. The molecule has 0 saturated carbocycles. The Morgan fingerprint density at radius 2 is 1.67 bits per heavy atom. The van der Waals surface area contributed by atoms with Gasteiger partial charge in [-0.05, 0) is 44.0 Å². The number of furan rings is 1. The lowest BCUT2D eigenvalue weighted by Crippen LogP contribution is -2.46. The summed E-state index contributed by atoms with van der Waals surface area (Å²) in [5, 5.41) is 0. The summed E-state index contributed by atoms with van der Waals surface area (Å²) in [6.07, 6.45) is 0. The van der Waals surface area contributed by atoms with Gasteiger partial charge in [0.15, 0.2) is 0 Å². The molecule has 2 aromatic rings. The number of nitrogens with zero attached hydrogens (tertiary/aromatic N) is 2. The Bertz CT molecular complexity index is 590. The van der Waals surface area contributed by atoms with Crippen LogP contribution in [0.4, 0.5) is 5.69 Å². The van der Waals surface area contributed by atoms with E-state index in [9.17, 15) is 0 Å². The van der Waals surface area contributed by atoms with Crippen LogP contribution in [-0.4, -0.2) is 31.1 Å². The van der Waals surface area contributed by atoms with Crippen molar-refractivity contribution < 1.29 is 4.42 Å². The molecule has 3 nitrogen and oxygen atoms in total. The molecule has 1 saturated heterocycles. The molecular formula is C18H24N2O. The minimum Gasteiger partial charge on any atom is -0.465 e. The number of para-hydroxylation sites is 1. The molecule has 0 atom stereocenters. The van der Waals surface area contributed by atoms with Crippen LogP contribution in [0.2, 0.25) is 0 Å². The first-order chi connectivity index (χ1) is 10.1. The van der Waals surface area contributed by atoms with Gasteiger partial charge in [0.05, 0.1) is 6.54 Å². The molecule has 0 spiro atoms. The van der Waals surface area contributed by atoms with Gasteiger partial charge in [0, 0.05) is 31.9 Å². The first kappa shape index (κ1) is 14.2. The van der Waals surface area contributed by atoms with Gasteiger partial charge in [0.2, 0.25) is 0 Å². The number of rotatable bonds is 3. The highest BCUT2D eigenvalue weighted by molar-refractivity contribution is 5.53. The lowest BCUT2D eigenvalue weighted by atomic mass is 10.1. The van der Waals surface area contributed by atoms with E-state index < -0.39 is 0 Å². The van der Waals surface area contributed by atoms with Crippen LogP contribution in [0.15, 0.2) is 34.7 Å². The predicted molar refractivity (Wildman–Crippen MR) is 86.9 cm³/mol. The van der Waals surface area contributed by atoms with Gasteiger partial charge in [-0.2, -0.15) is 0 Å². The van der Waals surface area contributed by atoms with Crippen molar-refractivity contribution in [3.8, 4) is 0 Å². The molecule has 21 heavy (non-hydrogen) atoms. The maximum absolute atomic E-state index is 5.79. The molecule has 112 valence electrons. The van der Waals surface area contributed by atoms with Crippen LogP contribution < -0.4 is 4.90 Å². The highest BCUT2D eigenvalue weighted by Gasteiger charge is 2.19. The Labute approximate surface area is 127 Å². The van der Waals surface area contributed by atoms with Gasteiger partial charge in [0.1, 0.15) is 11.5 Å². The summed E-state index contributed by atoms with van der Waals surface area (Å²) >= 11 is 0. The van der Waals surface area contributed by atoms with Crippen molar-refractivity contribution >= 4 is 5.69 Å². The molecule has 0 N–H and O–H groups in total. The van der Waals surface area contributed by atoms with E-state index in [1.165, 1.54) is 16.8 Å². The van der Waals surface area contributed by atoms with E-state index in [1.54, 1.807) is 0 Å². The van der Waals surface area contributed by atoms with Crippen LogP contribution in [0.25, 0.3) is 0 Å². The maximum Gasteiger partial charge on any atom is 0.118 e. The second-order valence-corrected chi connectivity index (χ2v) is 6.00. The Kier molecular flexibility index (Phi) is 4.02. The second-order valence-electron chi connectivity index (χ2n) is 6.00. The normalized spacial score (nSPS) is 16.4. The number of benzene rings is 1. The predicted octanol–water partition coefficient (Wildman–Crippen LogP) is 3.53. The summed E-state index contributed by atoms with van der Waals surface area (Å²) in [5.41, 5.74) is 3.99. The van der Waals surface area contributed by atoms with Gasteiger partial charge >= 0.3 is 0 Å². The van der Waals surface area contributed by atoms with Gasteiger partial charge in [-0.3, -0.25) is 4.90 Å². The highest BCUT2D eigenvalue weighted by Crippen LogP contribution is 2.22. The van der Waals surface area contributed by atoms with Crippen LogP contribution in [0.5, 0.6) is 0 Å². The molecule has 1 aliphatic heterocycles. The smallest absolute Gasteiger partial charge is 0.118 e. The monoisotopic (exact) mass is 284 g/mol. The van der Waals surface area contributed by atoms with Gasteiger partial charge in [-0.25, -0.2) is 0 Å². The number of hydrogen-bond acceptors (Lipinski definition) is 3. The van der Waals surface area contributed by atoms with Crippen LogP contribution in [0.1, 0.15) is 22.6 Å². The van der Waals surface area contributed by atoms with Crippen molar-refractivity contribution in [1.82, 2.24) is 4.90 Å². The van der Waals surface area contributed by atoms with Crippen LogP contribution in [0, 0.1) is 20.8 Å². The molecule has 3 rings (SSSR count). The van der Waals surface area contributed by atoms with E-state index in [2.05, 4.69) is 54.0 Å². The maximum atomic E-state index is 5.79. The fourth-order valence-electron chi connectivity index (χ4n) is 3.01. The summed E-state index contributed by atoms with van der Waals surface area (Å²) in [6, 6.07) is 10.8. The molecule has 2 heterocycles. The van der Waals surface area contributed by atoms with Crippen molar-refractivity contribution in [2.45, 2.75) is 27.3 Å². The minimum atomic E-state index is 0.927. The quantitative estimate of drug-likeness (QED) is 0.859. The summed E-state index contributed by atoms with van der Waals surface area (Å²) < 4.78 is 5.79. The van der Waals surface area contributed by atoms with Gasteiger partial charge in [0.25, 0.3) is 0 Å². The first-order valence-electron chi connectivity index (χ1n) is 7.72. The summed E-state index contributed by atoms with van der Waals surface area (Å²) in [7, 11) is 0. The van der Waals surface area contributed by atoms with E-state index in [4.69, 9.17) is 4.42 Å². The minimum absolute atomic E-state index is 0.927. The molecule has 0 radical (unpaired) electrons. The summed E-state index contributed by atoms with van der Waals surface area (Å²) in [5.74, 6) is 2.14. The Hall–Kier alpha value is -1.74. The average molecular weight is 284 g/mol. The van der Waals surface area contributed by atoms with Crippen molar-refractivity contribution in [3.05, 3.63) is 53.0 Å². The van der Waals surface area contributed by atoms with E-state index in [0.29, 0.717) is 0 Å². The number of aryl methyl sites for hydroxylation is 3. The molecule has 0 aliphatic carbocycles. The van der Waals surface area contributed by atoms with Gasteiger partial charge in [-0.1, -0.05) is 18.2 Å². The fourth-order valence-corrected chi connectivity index (χ4v) is 3.01. The van der Waals surface area contributed by atoms with E-state index in [1.807, 2.05) is 6.92 Å². The van der Waals surface area contributed by atoms with Crippen LogP contribution in [-0.2, 0) is 6.54 Å². The molecule has 1 aromatic carbocycles. The molecular weight excluding hydrogens is 260 g/mol. The van der Waals surface area contributed by atoms with Crippen molar-refractivity contribution in [2.75, 3.05) is 31.1 Å². The second kappa shape index (κ2) is 5.94. The number of hydrogen-bond donors (Lipinski definition) is 0. The lowest BCUT2D eigenvalue weighted by molar-refractivity contribution is 0.229. The van der Waals surface area contributed by atoms with Gasteiger partial charge < -0.3 is 9.32 Å². The topological polar surface area (TPSA) is 19.6 Å². The van der Waals surface area contributed by atoms with Crippen LogP contribution >= 0.6 is 0 Å². The largest absolute Gasteiger partial charge is 0.465 e. The third kappa shape index (κ3) is 3.13. The zero-order valence-corrected chi connectivity index (χ0v) is 13.2. The van der Waals surface area contributed by atoms with E-state index >= 15 is 0 Å². The fraction of sp³-hybridized carbons (Fsp3) is 0.444. The van der Waals surface area contributed by atoms with Crippen molar-refractivity contribution in [1.29, 1.82) is 0 Å². The van der Waals surface area contributed by atoms with E-state index in [-0.39, 0.29) is 0 Å². The molecule has 0 unspecified atom stereocenters. The third-order valence-corrected chi connectivity index (χ3v) is 4.42. The molecule has 0 amide bonds. The van der Waals surface area contributed by atoms with E-state index in [0.717, 1.165) is 44.2 Å². The molecule has 0 bridgehead atoms.